The molecule has 0 aliphatic heterocycles. The molecule has 3 rings (SSSR count). The van der Waals surface area contributed by atoms with Crippen LogP contribution in [-0.4, -0.2) is 26.1 Å². The van der Waals surface area contributed by atoms with Crippen molar-refractivity contribution in [3.63, 3.8) is 0 Å². The van der Waals surface area contributed by atoms with Gasteiger partial charge in [0, 0.05) is 6.42 Å². The van der Waals surface area contributed by atoms with Gasteiger partial charge in [-0.05, 0) is 18.1 Å². The third-order valence-corrected chi connectivity index (χ3v) is 3.81. The Morgan fingerprint density at radius 3 is 2.77 bits per heavy atom. The second kappa shape index (κ2) is 6.15. The summed E-state index contributed by atoms with van der Waals surface area (Å²) in [6.45, 7) is 4.23. The Labute approximate surface area is 131 Å². The first-order valence-corrected chi connectivity index (χ1v) is 7.79. The van der Waals surface area contributed by atoms with E-state index in [1.807, 2.05) is 24.3 Å². The van der Waals surface area contributed by atoms with E-state index in [-0.39, 0.29) is 11.6 Å². The molecule has 2 heterocycles. The summed E-state index contributed by atoms with van der Waals surface area (Å²) >= 11 is 1.39. The third-order valence-electron chi connectivity index (χ3n) is 2.95. The molecule has 0 saturated carbocycles. The van der Waals surface area contributed by atoms with E-state index in [1.54, 1.807) is 0 Å². The van der Waals surface area contributed by atoms with Crippen LogP contribution < -0.4 is 5.32 Å². The number of hydrogen-bond donors (Lipinski definition) is 1. The van der Waals surface area contributed by atoms with Crippen LogP contribution in [0.4, 0.5) is 5.13 Å². The molecule has 1 aromatic carbocycles. The highest BCUT2D eigenvalue weighted by Crippen LogP contribution is 2.19. The van der Waals surface area contributed by atoms with E-state index in [9.17, 15) is 4.79 Å². The molecule has 2 aromatic heterocycles. The van der Waals surface area contributed by atoms with Gasteiger partial charge < -0.3 is 0 Å². The first kappa shape index (κ1) is 14.5. The molecule has 0 fully saturated rings. The molecule has 7 heteroatoms. The Balaban J connectivity index is 1.76. The molecule has 0 radical (unpaired) electrons. The van der Waals surface area contributed by atoms with Crippen molar-refractivity contribution >= 4 is 33.4 Å². The summed E-state index contributed by atoms with van der Waals surface area (Å²) in [5, 5.41) is 12.2. The molecule has 0 saturated heterocycles. The van der Waals surface area contributed by atoms with E-state index in [1.165, 1.54) is 17.5 Å². The highest BCUT2D eigenvalue weighted by Gasteiger charge is 2.13. The summed E-state index contributed by atoms with van der Waals surface area (Å²) in [7, 11) is 0. The Kier molecular flexibility index (Phi) is 4.06. The standard InChI is InChI=1S/C15H15N5OS/c1-9(2)7-13-19-20-15(22-13)18-14(21)12-8-16-10-5-3-4-6-11(10)17-12/h3-6,8-9H,7H2,1-2H3,(H,18,20,21). The summed E-state index contributed by atoms with van der Waals surface area (Å²) in [6.07, 6.45) is 2.32. The normalized spacial score (nSPS) is 11.0. The molecule has 0 unspecified atom stereocenters. The van der Waals surface area contributed by atoms with Gasteiger partial charge in [-0.25, -0.2) is 4.98 Å². The first-order valence-electron chi connectivity index (χ1n) is 6.97. The highest BCUT2D eigenvalue weighted by molar-refractivity contribution is 7.15. The van der Waals surface area contributed by atoms with Crippen molar-refractivity contribution in [2.75, 3.05) is 5.32 Å². The maximum atomic E-state index is 12.2. The first-order chi connectivity index (χ1) is 10.6. The van der Waals surface area contributed by atoms with E-state index in [4.69, 9.17) is 0 Å². The average Bonchev–Trinajstić information content (AvgIpc) is 2.93. The van der Waals surface area contributed by atoms with Gasteiger partial charge in [0.15, 0.2) is 0 Å². The third kappa shape index (κ3) is 3.25. The molecule has 0 aliphatic rings. The lowest BCUT2D eigenvalue weighted by Gasteiger charge is -2.02. The van der Waals surface area contributed by atoms with Crippen LogP contribution in [0.2, 0.25) is 0 Å². The van der Waals surface area contributed by atoms with Crippen molar-refractivity contribution < 1.29 is 4.79 Å². The second-order valence-corrected chi connectivity index (χ2v) is 6.36. The largest absolute Gasteiger partial charge is 0.295 e. The SMILES string of the molecule is CC(C)Cc1nnc(NC(=O)c2cnc3ccccc3n2)s1. The van der Waals surface area contributed by atoms with Gasteiger partial charge in [-0.3, -0.25) is 15.1 Å². The minimum Gasteiger partial charge on any atom is -0.295 e. The molecule has 1 N–H and O–H groups in total. The Morgan fingerprint density at radius 2 is 2.00 bits per heavy atom. The number of anilines is 1. The number of nitrogens with zero attached hydrogens (tertiary/aromatic N) is 4. The van der Waals surface area contributed by atoms with Crippen molar-refractivity contribution in [1.29, 1.82) is 0 Å². The van der Waals surface area contributed by atoms with E-state index in [0.29, 0.717) is 16.6 Å². The lowest BCUT2D eigenvalue weighted by molar-refractivity contribution is 0.102. The summed E-state index contributed by atoms with van der Waals surface area (Å²) < 4.78 is 0. The molecule has 0 bridgehead atoms. The molecule has 3 aromatic rings. The second-order valence-electron chi connectivity index (χ2n) is 5.30. The van der Waals surface area contributed by atoms with Crippen LogP contribution in [0.5, 0.6) is 0 Å². The quantitative estimate of drug-likeness (QED) is 0.801. The van der Waals surface area contributed by atoms with Gasteiger partial charge in [-0.15, -0.1) is 10.2 Å². The lowest BCUT2D eigenvalue weighted by Crippen LogP contribution is -2.14. The van der Waals surface area contributed by atoms with Gasteiger partial charge in [0.05, 0.1) is 17.2 Å². The minimum atomic E-state index is -0.328. The number of rotatable bonds is 4. The van der Waals surface area contributed by atoms with Crippen molar-refractivity contribution in [3.05, 3.63) is 41.2 Å². The predicted molar refractivity (Wildman–Crippen MR) is 85.9 cm³/mol. The van der Waals surface area contributed by atoms with E-state index in [0.717, 1.165) is 16.9 Å². The number of hydrogen-bond acceptors (Lipinski definition) is 6. The van der Waals surface area contributed by atoms with Crippen molar-refractivity contribution in [2.24, 2.45) is 5.92 Å². The molecular weight excluding hydrogens is 298 g/mol. The number of amides is 1. The smallest absolute Gasteiger partial charge is 0.277 e. The number of carbonyl (C=O) groups excluding carboxylic acids is 1. The summed E-state index contributed by atoms with van der Waals surface area (Å²) in [5.74, 6) is 0.174. The van der Waals surface area contributed by atoms with Crippen LogP contribution in [0.1, 0.15) is 29.3 Å². The van der Waals surface area contributed by atoms with Gasteiger partial charge in [0.2, 0.25) is 5.13 Å². The number of fused-ring (bicyclic) bond motifs is 1. The molecule has 112 valence electrons. The maximum absolute atomic E-state index is 12.2. The molecular formula is C15H15N5OS. The summed E-state index contributed by atoms with van der Waals surface area (Å²) in [5.41, 5.74) is 1.71. The van der Waals surface area contributed by atoms with Crippen LogP contribution in [0, 0.1) is 5.92 Å². The zero-order chi connectivity index (χ0) is 15.5. The Morgan fingerprint density at radius 1 is 1.23 bits per heavy atom. The van der Waals surface area contributed by atoms with Crippen molar-refractivity contribution in [1.82, 2.24) is 20.2 Å². The van der Waals surface area contributed by atoms with Crippen molar-refractivity contribution in [2.45, 2.75) is 20.3 Å². The van der Waals surface area contributed by atoms with Gasteiger partial charge in [-0.1, -0.05) is 37.3 Å². The number of carbonyl (C=O) groups is 1. The summed E-state index contributed by atoms with van der Waals surface area (Å²) in [6, 6.07) is 7.42. The van der Waals surface area contributed by atoms with Gasteiger partial charge in [-0.2, -0.15) is 0 Å². The van der Waals surface area contributed by atoms with Gasteiger partial charge >= 0.3 is 0 Å². The molecule has 1 amide bonds. The van der Waals surface area contributed by atoms with Gasteiger partial charge in [0.1, 0.15) is 10.7 Å². The van der Waals surface area contributed by atoms with Crippen molar-refractivity contribution in [3.8, 4) is 0 Å². The van der Waals surface area contributed by atoms with Crippen LogP contribution in [0.3, 0.4) is 0 Å². The predicted octanol–water partition coefficient (Wildman–Crippen LogP) is 2.93. The molecule has 0 spiro atoms. The van der Waals surface area contributed by atoms with E-state index >= 15 is 0 Å². The van der Waals surface area contributed by atoms with Gasteiger partial charge in [0.25, 0.3) is 5.91 Å². The zero-order valence-electron chi connectivity index (χ0n) is 12.3. The Hall–Kier alpha value is -2.41. The Bertz CT molecular complexity index is 814. The molecule has 0 aliphatic carbocycles. The fraction of sp³-hybridized carbons (Fsp3) is 0.267. The molecule has 22 heavy (non-hydrogen) atoms. The number of benzene rings is 1. The van der Waals surface area contributed by atoms with Crippen LogP contribution >= 0.6 is 11.3 Å². The zero-order valence-corrected chi connectivity index (χ0v) is 13.1. The van der Waals surface area contributed by atoms with Crippen LogP contribution in [0.15, 0.2) is 30.5 Å². The number of aromatic nitrogens is 4. The minimum absolute atomic E-state index is 0.263. The average molecular weight is 313 g/mol. The fourth-order valence-corrected chi connectivity index (χ4v) is 2.91. The van der Waals surface area contributed by atoms with Crippen LogP contribution in [-0.2, 0) is 6.42 Å². The van der Waals surface area contributed by atoms with E-state index < -0.39 is 0 Å². The fourth-order valence-electron chi connectivity index (χ4n) is 1.96. The molecule has 6 nitrogen and oxygen atoms in total. The monoisotopic (exact) mass is 313 g/mol. The summed E-state index contributed by atoms with van der Waals surface area (Å²) in [4.78, 5) is 20.8. The maximum Gasteiger partial charge on any atom is 0.277 e. The number of para-hydroxylation sites is 2. The lowest BCUT2D eigenvalue weighted by atomic mass is 10.1. The highest BCUT2D eigenvalue weighted by atomic mass is 32.1. The topological polar surface area (TPSA) is 80.7 Å². The number of nitrogens with one attached hydrogen (secondary N) is 1. The van der Waals surface area contributed by atoms with Crippen LogP contribution in [0.25, 0.3) is 11.0 Å². The molecule has 0 atom stereocenters. The van der Waals surface area contributed by atoms with E-state index in [2.05, 4.69) is 39.3 Å².